The monoisotopic (exact) mass is 424 g/mol. The summed E-state index contributed by atoms with van der Waals surface area (Å²) in [6.45, 7) is 2.05. The lowest BCUT2D eigenvalue weighted by molar-refractivity contribution is -0.121. The van der Waals surface area contributed by atoms with Gasteiger partial charge in [-0.3, -0.25) is 9.78 Å². The normalized spacial score (nSPS) is 15.9. The molecule has 1 saturated carbocycles. The highest BCUT2D eigenvalue weighted by molar-refractivity contribution is 6.30. The summed E-state index contributed by atoms with van der Waals surface area (Å²) in [7, 11) is 0. The van der Waals surface area contributed by atoms with Gasteiger partial charge in [0.2, 0.25) is 17.7 Å². The number of carbonyl (C=O) groups excluding carboxylic acids is 1. The Labute approximate surface area is 181 Å². The van der Waals surface area contributed by atoms with Crippen LogP contribution in [0.2, 0.25) is 5.02 Å². The summed E-state index contributed by atoms with van der Waals surface area (Å²) >= 11 is 6.04. The van der Waals surface area contributed by atoms with Gasteiger partial charge in [-0.2, -0.15) is 0 Å². The zero-order valence-electron chi connectivity index (χ0n) is 17.0. The second-order valence-corrected chi connectivity index (χ2v) is 8.19. The highest BCUT2D eigenvalue weighted by Crippen LogP contribution is 2.48. The van der Waals surface area contributed by atoms with Gasteiger partial charge in [0, 0.05) is 30.3 Å². The number of rotatable bonds is 8. The maximum absolute atomic E-state index is 12.5. The molecule has 1 N–H and O–H groups in total. The van der Waals surface area contributed by atoms with Gasteiger partial charge in [0.25, 0.3) is 0 Å². The molecule has 1 amide bonds. The Balaban J connectivity index is 1.39. The van der Waals surface area contributed by atoms with E-state index in [-0.39, 0.29) is 17.4 Å². The zero-order chi connectivity index (χ0) is 21.0. The molecule has 1 fully saturated rings. The van der Waals surface area contributed by atoms with Gasteiger partial charge < -0.3 is 9.73 Å². The Hall–Kier alpha value is -2.73. The molecule has 156 valence electrons. The number of hydrogen-bond donors (Lipinski definition) is 1. The van der Waals surface area contributed by atoms with Crippen LogP contribution in [-0.4, -0.2) is 21.1 Å². The quantitative estimate of drug-likeness (QED) is 0.562. The molecular weight excluding hydrogens is 400 g/mol. The van der Waals surface area contributed by atoms with E-state index in [1.165, 1.54) is 0 Å². The summed E-state index contributed by atoms with van der Waals surface area (Å²) < 4.78 is 6.00. The number of pyridine rings is 1. The number of amides is 1. The molecule has 3 aromatic rings. The first-order valence-electron chi connectivity index (χ1n) is 10.4. The molecule has 1 aliphatic rings. The van der Waals surface area contributed by atoms with Crippen LogP contribution >= 0.6 is 11.6 Å². The van der Waals surface area contributed by atoms with Gasteiger partial charge >= 0.3 is 0 Å². The fourth-order valence-corrected chi connectivity index (χ4v) is 4.10. The van der Waals surface area contributed by atoms with E-state index in [0.29, 0.717) is 29.6 Å². The van der Waals surface area contributed by atoms with Crippen molar-refractivity contribution in [2.45, 2.75) is 56.9 Å². The van der Waals surface area contributed by atoms with Crippen molar-refractivity contribution < 1.29 is 9.21 Å². The topological polar surface area (TPSA) is 80.9 Å². The average Bonchev–Trinajstić information content (AvgIpc) is 3.21. The number of aromatic nitrogens is 3. The Bertz CT molecular complexity index is 984. The Kier molecular flexibility index (Phi) is 6.13. The Morgan fingerprint density at radius 1 is 1.17 bits per heavy atom. The number of carbonyl (C=O) groups is 1. The largest absolute Gasteiger partial charge is 0.424 e. The predicted molar refractivity (Wildman–Crippen MR) is 114 cm³/mol. The number of hydrogen-bond acceptors (Lipinski definition) is 5. The molecule has 0 spiro atoms. The first kappa shape index (κ1) is 20.5. The molecule has 0 saturated heterocycles. The molecule has 30 heavy (non-hydrogen) atoms. The minimum Gasteiger partial charge on any atom is -0.424 e. The number of nitrogens with one attached hydrogen (secondary N) is 1. The van der Waals surface area contributed by atoms with Crippen LogP contribution in [0.5, 0.6) is 0 Å². The van der Waals surface area contributed by atoms with Gasteiger partial charge in [-0.25, -0.2) is 0 Å². The van der Waals surface area contributed by atoms with Crippen molar-refractivity contribution in [1.82, 2.24) is 20.5 Å². The van der Waals surface area contributed by atoms with E-state index in [1.807, 2.05) is 43.3 Å². The van der Waals surface area contributed by atoms with Crippen molar-refractivity contribution in [2.75, 3.05) is 0 Å². The van der Waals surface area contributed by atoms with Crippen LogP contribution < -0.4 is 5.32 Å². The van der Waals surface area contributed by atoms with Crippen molar-refractivity contribution >= 4 is 17.5 Å². The summed E-state index contributed by atoms with van der Waals surface area (Å²) in [5.41, 5.74) is 1.97. The Morgan fingerprint density at radius 3 is 2.53 bits per heavy atom. The molecule has 0 radical (unpaired) electrons. The maximum Gasteiger partial charge on any atom is 0.227 e. The molecule has 7 heteroatoms. The predicted octanol–water partition coefficient (Wildman–Crippen LogP) is 4.79. The van der Waals surface area contributed by atoms with Crippen molar-refractivity contribution in [3.8, 4) is 0 Å². The van der Waals surface area contributed by atoms with Crippen molar-refractivity contribution in [1.29, 1.82) is 0 Å². The second-order valence-electron chi connectivity index (χ2n) is 7.75. The summed E-state index contributed by atoms with van der Waals surface area (Å²) in [5.74, 6) is 1.10. The lowest BCUT2D eigenvalue weighted by Gasteiger charge is -2.39. The number of aryl methyl sites for hydroxylation is 1. The molecule has 1 atom stereocenters. The fraction of sp³-hybridized carbons (Fsp3) is 0.391. The van der Waals surface area contributed by atoms with E-state index in [0.717, 1.165) is 36.8 Å². The maximum atomic E-state index is 12.5. The smallest absolute Gasteiger partial charge is 0.227 e. The molecule has 4 rings (SSSR count). The third-order valence-corrected chi connectivity index (χ3v) is 6.15. The van der Waals surface area contributed by atoms with E-state index in [2.05, 4.69) is 20.5 Å². The summed E-state index contributed by atoms with van der Waals surface area (Å²) in [6.07, 6.45) is 8.07. The van der Waals surface area contributed by atoms with Crippen LogP contribution in [0.4, 0.5) is 0 Å². The van der Waals surface area contributed by atoms with Gasteiger partial charge in [0.1, 0.15) is 0 Å². The van der Waals surface area contributed by atoms with Crippen molar-refractivity contribution in [2.24, 2.45) is 0 Å². The number of halogens is 1. The van der Waals surface area contributed by atoms with Gasteiger partial charge in [-0.1, -0.05) is 37.1 Å². The highest BCUT2D eigenvalue weighted by atomic mass is 35.5. The molecular formula is C23H25ClN4O2. The lowest BCUT2D eigenvalue weighted by Crippen LogP contribution is -2.35. The third kappa shape index (κ3) is 4.24. The first-order chi connectivity index (χ1) is 14.6. The van der Waals surface area contributed by atoms with Crippen molar-refractivity contribution in [3.63, 3.8) is 0 Å². The van der Waals surface area contributed by atoms with E-state index in [9.17, 15) is 4.79 Å². The third-order valence-electron chi connectivity index (χ3n) is 5.90. The fourth-order valence-electron chi connectivity index (χ4n) is 3.98. The second kappa shape index (κ2) is 8.96. The zero-order valence-corrected chi connectivity index (χ0v) is 17.7. The number of benzene rings is 1. The summed E-state index contributed by atoms with van der Waals surface area (Å²) in [5, 5.41) is 12.3. The van der Waals surface area contributed by atoms with E-state index >= 15 is 0 Å². The van der Waals surface area contributed by atoms with Gasteiger partial charge in [0.05, 0.1) is 11.5 Å². The average molecular weight is 425 g/mol. The van der Waals surface area contributed by atoms with Crippen LogP contribution in [0, 0.1) is 0 Å². The van der Waals surface area contributed by atoms with Gasteiger partial charge in [0.15, 0.2) is 0 Å². The van der Waals surface area contributed by atoms with Crippen molar-refractivity contribution in [3.05, 3.63) is 76.7 Å². The molecule has 0 aliphatic heterocycles. The van der Waals surface area contributed by atoms with E-state index in [4.69, 9.17) is 16.0 Å². The molecule has 0 bridgehead atoms. The lowest BCUT2D eigenvalue weighted by atomic mass is 9.64. The van der Waals surface area contributed by atoms with Crippen LogP contribution in [0.1, 0.15) is 68.0 Å². The van der Waals surface area contributed by atoms with Crippen LogP contribution in [0.25, 0.3) is 0 Å². The minimum atomic E-state index is -0.229. The summed E-state index contributed by atoms with van der Waals surface area (Å²) in [4.78, 5) is 16.5. The minimum absolute atomic E-state index is 0.0260. The first-order valence-corrected chi connectivity index (χ1v) is 10.8. The standard InChI is InChI=1S/C23H25ClN4O2/c1-2-19(16-10-14-25-15-11-16)26-20(29)8-9-21-27-28-22(30-21)23(12-3-13-23)17-4-6-18(24)7-5-17/h4-7,10-11,14-15,19H,2-3,8-9,12-13H2,1H3,(H,26,29). The molecule has 1 aromatic carbocycles. The van der Waals surface area contributed by atoms with E-state index in [1.54, 1.807) is 12.4 Å². The van der Waals surface area contributed by atoms with Crippen LogP contribution in [-0.2, 0) is 16.6 Å². The number of nitrogens with zero attached hydrogens (tertiary/aromatic N) is 3. The molecule has 2 heterocycles. The van der Waals surface area contributed by atoms with Crippen LogP contribution in [0.3, 0.4) is 0 Å². The molecule has 6 nitrogen and oxygen atoms in total. The summed E-state index contributed by atoms with van der Waals surface area (Å²) in [6, 6.07) is 11.7. The van der Waals surface area contributed by atoms with E-state index < -0.39 is 0 Å². The van der Waals surface area contributed by atoms with Gasteiger partial charge in [-0.05, 0) is 54.7 Å². The SMILES string of the molecule is CCC(NC(=O)CCc1nnc(C2(c3ccc(Cl)cc3)CCC2)o1)c1ccncc1. The van der Waals surface area contributed by atoms with Crippen LogP contribution in [0.15, 0.2) is 53.2 Å². The Morgan fingerprint density at radius 2 is 1.90 bits per heavy atom. The molecule has 1 unspecified atom stereocenters. The highest BCUT2D eigenvalue weighted by Gasteiger charge is 2.45. The molecule has 1 aliphatic carbocycles. The van der Waals surface area contributed by atoms with Gasteiger partial charge in [-0.15, -0.1) is 10.2 Å². The molecule has 2 aromatic heterocycles.